The highest BCUT2D eigenvalue weighted by atomic mass is 16.7. The normalized spacial score (nSPS) is 20.7. The quantitative estimate of drug-likeness (QED) is 0.872. The number of carboxylic acid groups (broad SMARTS) is 1. The van der Waals surface area contributed by atoms with E-state index in [0.717, 1.165) is 10.9 Å². The fraction of sp³-hybridized carbons (Fsp3) is 0.267. The van der Waals surface area contributed by atoms with Gasteiger partial charge in [0.25, 0.3) is 0 Å². The van der Waals surface area contributed by atoms with Crippen LogP contribution in [0.4, 0.5) is 0 Å². The first-order valence-corrected chi connectivity index (χ1v) is 6.45. The molecular formula is C15H14N2O4. The molecule has 0 amide bonds. The minimum Gasteiger partial charge on any atom is -0.481 e. The van der Waals surface area contributed by atoms with Crippen molar-refractivity contribution in [1.82, 2.24) is 9.63 Å². The van der Waals surface area contributed by atoms with Crippen molar-refractivity contribution >= 4 is 28.6 Å². The summed E-state index contributed by atoms with van der Waals surface area (Å²) < 4.78 is 1.70. The van der Waals surface area contributed by atoms with E-state index in [1.807, 2.05) is 36.3 Å². The Bertz CT molecular complexity index is 788. The number of carbonyl (C=O) groups is 1. The Morgan fingerprint density at radius 3 is 2.76 bits per heavy atom. The van der Waals surface area contributed by atoms with Gasteiger partial charge in [-0.05, 0) is 19.1 Å². The number of benzene rings is 1. The lowest BCUT2D eigenvalue weighted by atomic mass is 9.94. The van der Waals surface area contributed by atoms with E-state index in [-0.39, 0.29) is 12.2 Å². The number of carbonyl (C=O) groups excluding carboxylic acids is 1. The second-order valence-electron chi connectivity index (χ2n) is 5.17. The standard InChI is InChI=1S/C15H14N2O4/c1-15(8-14(19)20)12-7-10-5-3-4-6-11(10)16(12)13(9-18)17(15)21-2/h3-7H,8H2,1-2H3,(H,19,20). The Hall–Kier alpha value is -2.56. The summed E-state index contributed by atoms with van der Waals surface area (Å²) in [4.78, 5) is 27.9. The summed E-state index contributed by atoms with van der Waals surface area (Å²) in [5.41, 5.74) is 0.556. The van der Waals surface area contributed by atoms with Crippen LogP contribution in [-0.4, -0.2) is 33.8 Å². The smallest absolute Gasteiger partial charge is 0.306 e. The maximum absolute atomic E-state index is 11.4. The zero-order valence-corrected chi connectivity index (χ0v) is 11.7. The van der Waals surface area contributed by atoms with E-state index in [1.54, 1.807) is 11.5 Å². The summed E-state index contributed by atoms with van der Waals surface area (Å²) in [6, 6.07) is 9.43. The molecule has 6 heteroatoms. The van der Waals surface area contributed by atoms with Crippen molar-refractivity contribution in [2.24, 2.45) is 0 Å². The van der Waals surface area contributed by atoms with Gasteiger partial charge < -0.3 is 5.11 Å². The monoisotopic (exact) mass is 286 g/mol. The molecule has 0 aliphatic carbocycles. The number of para-hydroxylation sites is 1. The Morgan fingerprint density at radius 1 is 1.43 bits per heavy atom. The molecule has 21 heavy (non-hydrogen) atoms. The third kappa shape index (κ3) is 1.70. The van der Waals surface area contributed by atoms with Gasteiger partial charge in [0.15, 0.2) is 5.94 Å². The maximum atomic E-state index is 11.4. The van der Waals surface area contributed by atoms with E-state index in [4.69, 9.17) is 4.84 Å². The molecule has 0 saturated heterocycles. The Morgan fingerprint density at radius 2 is 2.14 bits per heavy atom. The fourth-order valence-corrected chi connectivity index (χ4v) is 3.04. The number of rotatable bonds is 3. The Labute approximate surface area is 120 Å². The van der Waals surface area contributed by atoms with E-state index in [2.05, 4.69) is 0 Å². The third-order valence-electron chi connectivity index (χ3n) is 3.88. The Kier molecular flexibility index (Phi) is 2.86. The van der Waals surface area contributed by atoms with E-state index < -0.39 is 11.5 Å². The molecule has 0 saturated carbocycles. The van der Waals surface area contributed by atoms with E-state index >= 15 is 0 Å². The predicted molar refractivity (Wildman–Crippen MR) is 75.8 cm³/mol. The van der Waals surface area contributed by atoms with Gasteiger partial charge >= 0.3 is 5.97 Å². The van der Waals surface area contributed by atoms with Crippen molar-refractivity contribution < 1.29 is 19.5 Å². The zero-order chi connectivity index (χ0) is 15.2. The van der Waals surface area contributed by atoms with Crippen LogP contribution in [0.3, 0.4) is 0 Å². The van der Waals surface area contributed by atoms with Crippen LogP contribution in [0.15, 0.2) is 30.3 Å². The highest BCUT2D eigenvalue weighted by Crippen LogP contribution is 2.45. The molecule has 3 rings (SSSR count). The van der Waals surface area contributed by atoms with Crippen molar-refractivity contribution in [2.75, 3.05) is 7.11 Å². The first-order valence-electron chi connectivity index (χ1n) is 6.45. The van der Waals surface area contributed by atoms with Gasteiger partial charge in [0.05, 0.1) is 24.7 Å². The summed E-state index contributed by atoms with van der Waals surface area (Å²) in [6.45, 7) is 1.74. The lowest BCUT2D eigenvalue weighted by molar-refractivity contribution is -0.162. The molecule has 108 valence electrons. The lowest BCUT2D eigenvalue weighted by Crippen LogP contribution is -2.39. The van der Waals surface area contributed by atoms with Crippen LogP contribution in [0, 0.1) is 0 Å². The van der Waals surface area contributed by atoms with Crippen LogP contribution in [0.25, 0.3) is 16.7 Å². The van der Waals surface area contributed by atoms with E-state index in [1.165, 1.54) is 12.2 Å². The van der Waals surface area contributed by atoms with Crippen molar-refractivity contribution in [3.63, 3.8) is 0 Å². The number of aliphatic carboxylic acids is 1. The molecule has 1 aliphatic heterocycles. The van der Waals surface area contributed by atoms with Gasteiger partial charge in [-0.15, -0.1) is 0 Å². The number of hydroxylamine groups is 2. The molecule has 0 fully saturated rings. The first kappa shape index (κ1) is 13.4. The van der Waals surface area contributed by atoms with Crippen LogP contribution >= 0.6 is 0 Å². The summed E-state index contributed by atoms with van der Waals surface area (Å²) >= 11 is 0. The molecular weight excluding hydrogens is 272 g/mol. The average molecular weight is 286 g/mol. The fourth-order valence-electron chi connectivity index (χ4n) is 3.04. The summed E-state index contributed by atoms with van der Waals surface area (Å²) in [6.07, 6.45) is -0.192. The molecule has 2 aromatic rings. The first-order chi connectivity index (χ1) is 10.0. The second kappa shape index (κ2) is 4.48. The van der Waals surface area contributed by atoms with Crippen LogP contribution in [0.2, 0.25) is 0 Å². The molecule has 1 aliphatic rings. The van der Waals surface area contributed by atoms with Crippen LogP contribution in [0.5, 0.6) is 0 Å². The van der Waals surface area contributed by atoms with Crippen molar-refractivity contribution in [2.45, 2.75) is 18.9 Å². The summed E-state index contributed by atoms with van der Waals surface area (Å²) in [5.74, 6) is 1.06. The molecule has 1 aromatic heterocycles. The molecule has 0 bridgehead atoms. The number of aromatic nitrogens is 1. The molecule has 1 N–H and O–H groups in total. The van der Waals surface area contributed by atoms with Gasteiger partial charge in [-0.25, -0.2) is 9.86 Å². The molecule has 0 radical (unpaired) electrons. The van der Waals surface area contributed by atoms with Gasteiger partial charge in [-0.3, -0.25) is 14.2 Å². The lowest BCUT2D eigenvalue weighted by Gasteiger charge is -2.31. The molecule has 6 nitrogen and oxygen atoms in total. The van der Waals surface area contributed by atoms with Gasteiger partial charge in [0.2, 0.25) is 5.82 Å². The van der Waals surface area contributed by atoms with Crippen LogP contribution in [-0.2, 0) is 20.0 Å². The van der Waals surface area contributed by atoms with E-state index in [0.29, 0.717) is 5.69 Å². The Balaban J connectivity index is 2.34. The molecule has 0 spiro atoms. The van der Waals surface area contributed by atoms with Crippen molar-refractivity contribution in [3.05, 3.63) is 36.0 Å². The minimum atomic E-state index is -0.969. The number of hydrogen-bond acceptors (Lipinski definition) is 4. The van der Waals surface area contributed by atoms with Crippen LogP contribution < -0.4 is 0 Å². The van der Waals surface area contributed by atoms with Gasteiger partial charge in [0, 0.05) is 5.39 Å². The third-order valence-corrected chi connectivity index (χ3v) is 3.88. The van der Waals surface area contributed by atoms with Crippen molar-refractivity contribution in [3.8, 4) is 0 Å². The highest BCUT2D eigenvalue weighted by molar-refractivity contribution is 5.91. The van der Waals surface area contributed by atoms with E-state index in [9.17, 15) is 14.7 Å². The number of hydrogen-bond donors (Lipinski definition) is 1. The predicted octanol–water partition coefficient (Wildman–Crippen LogP) is 1.84. The van der Waals surface area contributed by atoms with Gasteiger partial charge in [-0.1, -0.05) is 18.2 Å². The average Bonchev–Trinajstić information content (AvgIpc) is 2.92. The molecule has 2 heterocycles. The molecule has 1 unspecified atom stereocenters. The van der Waals surface area contributed by atoms with Gasteiger partial charge in [0.1, 0.15) is 5.54 Å². The summed E-state index contributed by atoms with van der Waals surface area (Å²) in [5, 5.41) is 11.5. The largest absolute Gasteiger partial charge is 0.481 e. The summed E-state index contributed by atoms with van der Waals surface area (Å²) in [7, 11) is 1.41. The molecule has 1 aromatic carbocycles. The second-order valence-corrected chi connectivity index (χ2v) is 5.17. The van der Waals surface area contributed by atoms with Crippen LogP contribution in [0.1, 0.15) is 19.0 Å². The zero-order valence-electron chi connectivity index (χ0n) is 11.7. The minimum absolute atomic E-state index is 0.164. The number of carboxylic acids is 1. The van der Waals surface area contributed by atoms with Crippen molar-refractivity contribution in [1.29, 1.82) is 0 Å². The molecule has 1 atom stereocenters. The van der Waals surface area contributed by atoms with Gasteiger partial charge in [-0.2, -0.15) is 0 Å². The number of nitrogens with zero attached hydrogens (tertiary/aromatic N) is 2. The topological polar surface area (TPSA) is 71.8 Å². The highest BCUT2D eigenvalue weighted by Gasteiger charge is 2.48. The number of fused-ring (bicyclic) bond motifs is 3. The maximum Gasteiger partial charge on any atom is 0.306 e. The SMILES string of the molecule is CON1C(=C=O)n2c(cc3ccccc32)C1(C)CC(=O)O.